The number of anilines is 1. The first kappa shape index (κ1) is 18.5. The van der Waals surface area contributed by atoms with Crippen molar-refractivity contribution in [2.75, 3.05) is 19.5 Å². The molecule has 0 aliphatic carbocycles. The van der Waals surface area contributed by atoms with E-state index in [0.717, 1.165) is 5.56 Å². The van der Waals surface area contributed by atoms with Gasteiger partial charge in [-0.3, -0.25) is 4.79 Å². The van der Waals surface area contributed by atoms with Crippen LogP contribution in [0, 0.1) is 0 Å². The van der Waals surface area contributed by atoms with E-state index in [-0.39, 0.29) is 5.91 Å². The highest BCUT2D eigenvalue weighted by Gasteiger charge is 2.08. The minimum Gasteiger partial charge on any atom is -0.493 e. The van der Waals surface area contributed by atoms with E-state index in [9.17, 15) is 4.79 Å². The monoisotopic (exact) mass is 385 g/mol. The molecule has 126 valence electrons. The van der Waals surface area contributed by atoms with Gasteiger partial charge in [0.15, 0.2) is 11.5 Å². The van der Waals surface area contributed by atoms with Crippen LogP contribution in [0.15, 0.2) is 36.4 Å². The van der Waals surface area contributed by atoms with Crippen LogP contribution >= 0.6 is 34.8 Å². The summed E-state index contributed by atoms with van der Waals surface area (Å²) in [5, 5.41) is 3.57. The second-order valence-corrected chi connectivity index (χ2v) is 5.90. The van der Waals surface area contributed by atoms with Crippen molar-refractivity contribution >= 4 is 52.5 Å². The number of nitrogens with one attached hydrogen (secondary N) is 1. The highest BCUT2D eigenvalue weighted by Crippen LogP contribution is 2.32. The van der Waals surface area contributed by atoms with E-state index in [4.69, 9.17) is 44.3 Å². The Balaban J connectivity index is 2.12. The van der Waals surface area contributed by atoms with Gasteiger partial charge in [0.05, 0.1) is 35.0 Å². The highest BCUT2D eigenvalue weighted by atomic mass is 35.5. The Labute approximate surface area is 154 Å². The molecule has 0 saturated heterocycles. The van der Waals surface area contributed by atoms with Crippen LogP contribution in [0.1, 0.15) is 5.56 Å². The first-order valence-electron chi connectivity index (χ1n) is 6.80. The molecule has 0 bridgehead atoms. The van der Waals surface area contributed by atoms with Crippen LogP contribution in [-0.4, -0.2) is 20.1 Å². The molecular formula is C17H14Cl3NO3. The molecule has 0 aliphatic rings. The van der Waals surface area contributed by atoms with Gasteiger partial charge < -0.3 is 14.8 Å². The molecule has 0 saturated carbocycles. The third-order valence-electron chi connectivity index (χ3n) is 3.10. The molecule has 7 heteroatoms. The zero-order valence-electron chi connectivity index (χ0n) is 12.9. The average molecular weight is 387 g/mol. The molecule has 0 heterocycles. The fourth-order valence-corrected chi connectivity index (χ4v) is 2.52. The molecule has 1 N–H and O–H groups in total. The number of benzene rings is 2. The predicted molar refractivity (Wildman–Crippen MR) is 98.7 cm³/mol. The van der Waals surface area contributed by atoms with Crippen molar-refractivity contribution < 1.29 is 14.3 Å². The van der Waals surface area contributed by atoms with Crippen molar-refractivity contribution in [2.24, 2.45) is 0 Å². The van der Waals surface area contributed by atoms with Gasteiger partial charge in [-0.05, 0) is 35.9 Å². The van der Waals surface area contributed by atoms with E-state index >= 15 is 0 Å². The molecule has 1 amide bonds. The summed E-state index contributed by atoms with van der Waals surface area (Å²) in [6.45, 7) is 0. The predicted octanol–water partition coefficient (Wildman–Crippen LogP) is 5.32. The number of amides is 1. The Bertz CT molecular complexity index is 791. The van der Waals surface area contributed by atoms with Gasteiger partial charge in [-0.1, -0.05) is 40.9 Å². The molecule has 2 aromatic carbocycles. The van der Waals surface area contributed by atoms with E-state index in [2.05, 4.69) is 5.32 Å². The number of hydrogen-bond acceptors (Lipinski definition) is 3. The van der Waals surface area contributed by atoms with E-state index < -0.39 is 0 Å². The Morgan fingerprint density at radius 1 is 0.958 bits per heavy atom. The summed E-state index contributed by atoms with van der Waals surface area (Å²) in [5.74, 6) is 0.833. The zero-order valence-corrected chi connectivity index (χ0v) is 15.2. The Morgan fingerprint density at radius 3 is 2.29 bits per heavy atom. The molecule has 0 spiro atoms. The van der Waals surface area contributed by atoms with Gasteiger partial charge in [0.1, 0.15) is 0 Å². The van der Waals surface area contributed by atoms with Gasteiger partial charge in [0.25, 0.3) is 0 Å². The smallest absolute Gasteiger partial charge is 0.248 e. The van der Waals surface area contributed by atoms with Crippen molar-refractivity contribution in [3.63, 3.8) is 0 Å². The molecule has 0 atom stereocenters. The summed E-state index contributed by atoms with van der Waals surface area (Å²) in [5.41, 5.74) is 1.16. The van der Waals surface area contributed by atoms with E-state index in [1.165, 1.54) is 18.2 Å². The molecule has 0 aromatic heterocycles. The van der Waals surface area contributed by atoms with Crippen LogP contribution < -0.4 is 14.8 Å². The van der Waals surface area contributed by atoms with E-state index in [1.54, 1.807) is 38.5 Å². The fraction of sp³-hybridized carbons (Fsp3) is 0.118. The van der Waals surface area contributed by atoms with Gasteiger partial charge in [0.2, 0.25) is 5.91 Å². The number of ether oxygens (including phenoxy) is 2. The van der Waals surface area contributed by atoms with Crippen LogP contribution in [0.5, 0.6) is 11.5 Å². The number of methoxy groups -OCH3 is 2. The average Bonchev–Trinajstić information content (AvgIpc) is 2.57. The Kier molecular flexibility index (Phi) is 6.37. The third kappa shape index (κ3) is 4.57. The van der Waals surface area contributed by atoms with E-state index in [1.807, 2.05) is 0 Å². The van der Waals surface area contributed by atoms with Crippen LogP contribution in [0.3, 0.4) is 0 Å². The number of rotatable bonds is 5. The molecule has 0 fully saturated rings. The minimum atomic E-state index is -0.356. The van der Waals surface area contributed by atoms with Crippen LogP contribution in [-0.2, 0) is 4.79 Å². The summed E-state index contributed by atoms with van der Waals surface area (Å²) < 4.78 is 10.4. The summed E-state index contributed by atoms with van der Waals surface area (Å²) in [6.07, 6.45) is 3.02. The second kappa shape index (κ2) is 8.29. The van der Waals surface area contributed by atoms with Crippen molar-refractivity contribution in [3.8, 4) is 11.5 Å². The lowest BCUT2D eigenvalue weighted by molar-refractivity contribution is -0.111. The fourth-order valence-electron chi connectivity index (χ4n) is 1.92. The molecule has 4 nitrogen and oxygen atoms in total. The topological polar surface area (TPSA) is 47.6 Å². The SMILES string of the molecule is COc1ccc(C=CC(=O)Nc2cc(Cl)c(Cl)cc2Cl)cc1OC. The van der Waals surface area contributed by atoms with Crippen molar-refractivity contribution in [1.82, 2.24) is 0 Å². The van der Waals surface area contributed by atoms with Crippen molar-refractivity contribution in [3.05, 3.63) is 57.0 Å². The maximum absolute atomic E-state index is 12.0. The van der Waals surface area contributed by atoms with E-state index in [0.29, 0.717) is 32.3 Å². The second-order valence-electron chi connectivity index (χ2n) is 4.68. The lowest BCUT2D eigenvalue weighted by atomic mass is 10.2. The highest BCUT2D eigenvalue weighted by molar-refractivity contribution is 6.44. The molecule has 0 radical (unpaired) electrons. The summed E-state index contributed by atoms with van der Waals surface area (Å²) in [7, 11) is 3.10. The van der Waals surface area contributed by atoms with Crippen LogP contribution in [0.25, 0.3) is 6.08 Å². The first-order chi connectivity index (χ1) is 11.4. The van der Waals surface area contributed by atoms with Crippen molar-refractivity contribution in [1.29, 1.82) is 0 Å². The molecular weight excluding hydrogens is 373 g/mol. The van der Waals surface area contributed by atoms with Gasteiger partial charge in [-0.2, -0.15) is 0 Å². The first-order valence-corrected chi connectivity index (χ1v) is 7.93. The van der Waals surface area contributed by atoms with Gasteiger partial charge in [-0.25, -0.2) is 0 Å². The summed E-state index contributed by atoms with van der Waals surface area (Å²) in [4.78, 5) is 12.0. The lowest BCUT2D eigenvalue weighted by Gasteiger charge is -2.08. The molecule has 2 rings (SSSR count). The largest absolute Gasteiger partial charge is 0.493 e. The number of hydrogen-bond donors (Lipinski definition) is 1. The summed E-state index contributed by atoms with van der Waals surface area (Å²) in [6, 6.07) is 8.28. The maximum Gasteiger partial charge on any atom is 0.248 e. The van der Waals surface area contributed by atoms with Crippen LogP contribution in [0.2, 0.25) is 15.1 Å². The van der Waals surface area contributed by atoms with Crippen LogP contribution in [0.4, 0.5) is 5.69 Å². The normalized spacial score (nSPS) is 10.7. The number of carbonyl (C=O) groups excluding carboxylic acids is 1. The Hall–Kier alpha value is -1.88. The van der Waals surface area contributed by atoms with Crippen molar-refractivity contribution in [2.45, 2.75) is 0 Å². The van der Waals surface area contributed by atoms with Gasteiger partial charge in [0, 0.05) is 6.08 Å². The molecule has 0 unspecified atom stereocenters. The quantitative estimate of drug-likeness (QED) is 0.559. The molecule has 24 heavy (non-hydrogen) atoms. The Morgan fingerprint density at radius 2 is 1.62 bits per heavy atom. The standard InChI is InChI=1S/C17H14Cl3NO3/c1-23-15-5-3-10(7-16(15)24-2)4-6-17(22)21-14-9-12(19)11(18)8-13(14)20/h3-9H,1-2H3,(H,21,22). The van der Waals surface area contributed by atoms with Gasteiger partial charge in [-0.15, -0.1) is 0 Å². The maximum atomic E-state index is 12.0. The molecule has 2 aromatic rings. The lowest BCUT2D eigenvalue weighted by Crippen LogP contribution is -2.08. The zero-order chi connectivity index (χ0) is 17.7. The molecule has 0 aliphatic heterocycles. The minimum absolute atomic E-state index is 0.303. The summed E-state index contributed by atoms with van der Waals surface area (Å²) >= 11 is 17.8. The number of halogens is 3. The third-order valence-corrected chi connectivity index (χ3v) is 4.14. The number of carbonyl (C=O) groups is 1. The van der Waals surface area contributed by atoms with Gasteiger partial charge >= 0.3 is 0 Å².